The zero-order chi connectivity index (χ0) is 13.4. The van der Waals surface area contributed by atoms with Crippen molar-refractivity contribution in [3.8, 4) is 0 Å². The Labute approximate surface area is 108 Å². The zero-order valence-electron chi connectivity index (χ0n) is 10.9. The molecule has 0 aliphatic heterocycles. The van der Waals surface area contributed by atoms with Crippen molar-refractivity contribution < 1.29 is 10.4 Å². The number of nitrogens with zero attached hydrogens (tertiary/aromatic N) is 2. The standard InChI is InChI=1S/C14H20N2O2/c1-3-5-6-13(15-17)14(16-18)12-9-7-11(4-2)8-10-12/h7-10,17-18H,3-6H2,1-2H3/b15-13+,16-14+. The first-order valence-corrected chi connectivity index (χ1v) is 6.29. The topological polar surface area (TPSA) is 65.2 Å². The van der Waals surface area contributed by atoms with Gasteiger partial charge in [-0.15, -0.1) is 0 Å². The fourth-order valence-corrected chi connectivity index (χ4v) is 1.74. The molecule has 1 aromatic rings. The molecule has 0 bridgehead atoms. The second-order valence-corrected chi connectivity index (χ2v) is 4.15. The van der Waals surface area contributed by atoms with Crippen LogP contribution in [0.3, 0.4) is 0 Å². The summed E-state index contributed by atoms with van der Waals surface area (Å²) in [6.07, 6.45) is 3.45. The highest BCUT2D eigenvalue weighted by molar-refractivity contribution is 6.48. The van der Waals surface area contributed by atoms with Crippen molar-refractivity contribution in [3.05, 3.63) is 35.4 Å². The minimum atomic E-state index is 0.341. The molecule has 0 spiro atoms. The minimum absolute atomic E-state index is 0.341. The van der Waals surface area contributed by atoms with Crippen LogP contribution in [0.5, 0.6) is 0 Å². The molecule has 1 aromatic carbocycles. The van der Waals surface area contributed by atoms with Crippen LogP contribution in [0.15, 0.2) is 34.6 Å². The third kappa shape index (κ3) is 3.58. The Morgan fingerprint density at radius 3 is 2.17 bits per heavy atom. The molecule has 0 aromatic heterocycles. The van der Waals surface area contributed by atoms with Gasteiger partial charge in [0.1, 0.15) is 11.4 Å². The Balaban J connectivity index is 2.94. The van der Waals surface area contributed by atoms with E-state index in [0.29, 0.717) is 17.8 Å². The van der Waals surface area contributed by atoms with E-state index in [-0.39, 0.29) is 0 Å². The summed E-state index contributed by atoms with van der Waals surface area (Å²) in [5.41, 5.74) is 2.74. The van der Waals surface area contributed by atoms with Crippen molar-refractivity contribution >= 4 is 11.4 Å². The number of benzene rings is 1. The lowest BCUT2D eigenvalue weighted by Gasteiger charge is -2.07. The van der Waals surface area contributed by atoms with E-state index < -0.39 is 0 Å². The fraction of sp³-hybridized carbons (Fsp3) is 0.429. The summed E-state index contributed by atoms with van der Waals surface area (Å²) in [5, 5.41) is 24.6. The van der Waals surface area contributed by atoms with Crippen molar-refractivity contribution in [1.82, 2.24) is 0 Å². The number of rotatable bonds is 6. The summed E-state index contributed by atoms with van der Waals surface area (Å²) in [4.78, 5) is 0. The lowest BCUT2D eigenvalue weighted by Crippen LogP contribution is -2.16. The van der Waals surface area contributed by atoms with Gasteiger partial charge in [0.25, 0.3) is 0 Å². The van der Waals surface area contributed by atoms with E-state index in [0.717, 1.165) is 24.8 Å². The third-order valence-electron chi connectivity index (χ3n) is 2.90. The first-order chi connectivity index (χ1) is 8.76. The maximum atomic E-state index is 9.10. The van der Waals surface area contributed by atoms with E-state index in [1.165, 1.54) is 5.56 Å². The summed E-state index contributed by atoms with van der Waals surface area (Å²) >= 11 is 0. The normalized spacial score (nSPS) is 12.8. The lowest BCUT2D eigenvalue weighted by atomic mass is 10.0. The van der Waals surface area contributed by atoms with Crippen LogP contribution in [0.1, 0.15) is 44.2 Å². The molecule has 0 unspecified atom stereocenters. The van der Waals surface area contributed by atoms with Crippen LogP contribution in [0, 0.1) is 0 Å². The minimum Gasteiger partial charge on any atom is -0.411 e. The molecule has 1 rings (SSSR count). The van der Waals surface area contributed by atoms with Crippen LogP contribution in [-0.2, 0) is 6.42 Å². The van der Waals surface area contributed by atoms with Crippen LogP contribution in [0.4, 0.5) is 0 Å². The summed E-state index contributed by atoms with van der Waals surface area (Å²) in [5.74, 6) is 0. The molecule has 0 amide bonds. The summed E-state index contributed by atoms with van der Waals surface area (Å²) in [6, 6.07) is 7.72. The predicted molar refractivity (Wildman–Crippen MR) is 72.9 cm³/mol. The van der Waals surface area contributed by atoms with Crippen LogP contribution >= 0.6 is 0 Å². The molecular weight excluding hydrogens is 228 g/mol. The van der Waals surface area contributed by atoms with Gasteiger partial charge < -0.3 is 10.4 Å². The number of oxime groups is 2. The van der Waals surface area contributed by atoms with Crippen molar-refractivity contribution in [2.24, 2.45) is 10.3 Å². The smallest absolute Gasteiger partial charge is 0.134 e. The largest absolute Gasteiger partial charge is 0.411 e. The van der Waals surface area contributed by atoms with Crippen LogP contribution < -0.4 is 0 Å². The molecule has 0 saturated heterocycles. The number of hydrogen-bond donors (Lipinski definition) is 2. The van der Waals surface area contributed by atoms with Gasteiger partial charge in [-0.3, -0.25) is 0 Å². The molecule has 98 valence electrons. The average molecular weight is 248 g/mol. The van der Waals surface area contributed by atoms with Crippen LogP contribution in [-0.4, -0.2) is 21.8 Å². The quantitative estimate of drug-likeness (QED) is 0.460. The maximum Gasteiger partial charge on any atom is 0.134 e. The average Bonchev–Trinajstić information content (AvgIpc) is 2.43. The van der Waals surface area contributed by atoms with Crippen molar-refractivity contribution in [1.29, 1.82) is 0 Å². The van der Waals surface area contributed by atoms with Gasteiger partial charge in [-0.1, -0.05) is 54.8 Å². The molecule has 0 aliphatic carbocycles. The molecule has 0 aliphatic rings. The number of unbranched alkanes of at least 4 members (excludes halogenated alkanes) is 1. The molecule has 0 saturated carbocycles. The SMILES string of the molecule is CCCCC(=N\O)/C(=N/O)c1ccc(CC)cc1. The Bertz CT molecular complexity index is 422. The van der Waals surface area contributed by atoms with Gasteiger partial charge in [-0.25, -0.2) is 0 Å². The predicted octanol–water partition coefficient (Wildman–Crippen LogP) is 3.45. The van der Waals surface area contributed by atoms with E-state index in [4.69, 9.17) is 10.4 Å². The van der Waals surface area contributed by atoms with E-state index in [2.05, 4.69) is 24.2 Å². The molecule has 0 atom stereocenters. The van der Waals surface area contributed by atoms with Crippen molar-refractivity contribution in [2.75, 3.05) is 0 Å². The van der Waals surface area contributed by atoms with Crippen LogP contribution in [0.25, 0.3) is 0 Å². The van der Waals surface area contributed by atoms with Gasteiger partial charge in [-0.2, -0.15) is 0 Å². The molecular formula is C14H20N2O2. The second-order valence-electron chi connectivity index (χ2n) is 4.15. The summed E-state index contributed by atoms with van der Waals surface area (Å²) in [6.45, 7) is 4.14. The molecule has 2 N–H and O–H groups in total. The van der Waals surface area contributed by atoms with Crippen molar-refractivity contribution in [2.45, 2.75) is 39.5 Å². The monoisotopic (exact) mass is 248 g/mol. The Morgan fingerprint density at radius 2 is 1.72 bits per heavy atom. The highest BCUT2D eigenvalue weighted by atomic mass is 16.4. The van der Waals surface area contributed by atoms with Crippen molar-refractivity contribution in [3.63, 3.8) is 0 Å². The molecule has 4 nitrogen and oxygen atoms in total. The van der Waals surface area contributed by atoms with E-state index >= 15 is 0 Å². The summed E-state index contributed by atoms with van der Waals surface area (Å²) < 4.78 is 0. The molecule has 0 fully saturated rings. The van der Waals surface area contributed by atoms with Gasteiger partial charge in [0.2, 0.25) is 0 Å². The first-order valence-electron chi connectivity index (χ1n) is 6.29. The molecule has 18 heavy (non-hydrogen) atoms. The van der Waals surface area contributed by atoms with E-state index in [1.807, 2.05) is 24.3 Å². The highest BCUT2D eigenvalue weighted by Crippen LogP contribution is 2.10. The number of aryl methyl sites for hydroxylation is 1. The fourth-order valence-electron chi connectivity index (χ4n) is 1.74. The maximum absolute atomic E-state index is 9.10. The third-order valence-corrected chi connectivity index (χ3v) is 2.90. The van der Waals surface area contributed by atoms with E-state index in [1.54, 1.807) is 0 Å². The molecule has 4 heteroatoms. The molecule has 0 radical (unpaired) electrons. The number of hydrogen-bond acceptors (Lipinski definition) is 4. The molecule has 0 heterocycles. The lowest BCUT2D eigenvalue weighted by molar-refractivity contribution is 0.313. The van der Waals surface area contributed by atoms with Gasteiger partial charge in [0.15, 0.2) is 0 Å². The first kappa shape index (κ1) is 14.2. The van der Waals surface area contributed by atoms with Crippen LogP contribution in [0.2, 0.25) is 0 Å². The van der Waals surface area contributed by atoms with Gasteiger partial charge in [-0.05, 0) is 24.8 Å². The van der Waals surface area contributed by atoms with Gasteiger partial charge in [0.05, 0.1) is 0 Å². The van der Waals surface area contributed by atoms with Gasteiger partial charge in [0, 0.05) is 5.56 Å². The van der Waals surface area contributed by atoms with E-state index in [9.17, 15) is 0 Å². The van der Waals surface area contributed by atoms with Gasteiger partial charge >= 0.3 is 0 Å². The highest BCUT2D eigenvalue weighted by Gasteiger charge is 2.13. The Hall–Kier alpha value is -1.84. The summed E-state index contributed by atoms with van der Waals surface area (Å²) in [7, 11) is 0. The Kier molecular flexibility index (Phi) is 5.91. The zero-order valence-corrected chi connectivity index (χ0v) is 10.9. The second kappa shape index (κ2) is 7.48. The Morgan fingerprint density at radius 1 is 1.06 bits per heavy atom.